The molecule has 0 radical (unpaired) electrons. The van der Waals surface area contributed by atoms with Crippen molar-refractivity contribution in [2.75, 3.05) is 18.6 Å². The molecule has 0 aliphatic rings. The molecule has 0 aliphatic carbocycles. The topological polar surface area (TPSA) is 49.3 Å². The molecule has 3 nitrogen and oxygen atoms in total. The lowest BCUT2D eigenvalue weighted by molar-refractivity contribution is 0.0939. The average Bonchev–Trinajstić information content (AvgIpc) is 2.37. The minimum atomic E-state index is -0.580. The molecule has 1 rings (SSSR count). The first-order valence-electron chi connectivity index (χ1n) is 5.77. The first-order valence-corrected chi connectivity index (χ1v) is 7.17. The van der Waals surface area contributed by atoms with Crippen molar-refractivity contribution in [2.24, 2.45) is 0 Å². The number of carbonyl (C=O) groups is 1. The van der Waals surface area contributed by atoms with Gasteiger partial charge in [0.2, 0.25) is 0 Å². The summed E-state index contributed by atoms with van der Waals surface area (Å²) in [6, 6.07) is 4.03. The Hall–Kier alpha value is -1.51. The molecule has 0 aliphatic heterocycles. The van der Waals surface area contributed by atoms with Crippen molar-refractivity contribution < 1.29 is 14.3 Å². The van der Waals surface area contributed by atoms with E-state index in [1.54, 1.807) is 11.8 Å². The molecular weight excluding hydrogens is 265 g/mol. The van der Waals surface area contributed by atoms with Gasteiger partial charge in [0, 0.05) is 17.4 Å². The highest BCUT2D eigenvalue weighted by atomic mass is 32.2. The summed E-state index contributed by atoms with van der Waals surface area (Å²) < 4.78 is 13.6. The molecular formula is C14H16FNO2S. The van der Waals surface area contributed by atoms with Crippen LogP contribution in [0, 0.1) is 17.7 Å². The van der Waals surface area contributed by atoms with Crippen LogP contribution in [-0.4, -0.2) is 35.7 Å². The van der Waals surface area contributed by atoms with Gasteiger partial charge in [-0.25, -0.2) is 4.39 Å². The number of amides is 1. The third kappa shape index (κ3) is 4.93. The zero-order valence-electron chi connectivity index (χ0n) is 10.9. The van der Waals surface area contributed by atoms with E-state index in [0.717, 1.165) is 5.75 Å². The standard InChI is InChI=1S/C14H16FNO2S/c1-10(9-19-2)16-14(18)12-8-11(4-3-7-17)5-6-13(12)15/h5-6,8,10,17H,7,9H2,1-2H3,(H,16,18). The Bertz CT molecular complexity index is 508. The summed E-state index contributed by atoms with van der Waals surface area (Å²) in [5.41, 5.74) is 0.468. The molecule has 0 saturated carbocycles. The Morgan fingerprint density at radius 3 is 2.95 bits per heavy atom. The summed E-state index contributed by atoms with van der Waals surface area (Å²) >= 11 is 1.61. The summed E-state index contributed by atoms with van der Waals surface area (Å²) in [5, 5.41) is 11.3. The van der Waals surface area contributed by atoms with E-state index in [0.29, 0.717) is 5.56 Å². The molecule has 1 atom stereocenters. The molecule has 0 heterocycles. The van der Waals surface area contributed by atoms with Crippen LogP contribution >= 0.6 is 11.8 Å². The maximum Gasteiger partial charge on any atom is 0.254 e. The SMILES string of the molecule is CSCC(C)NC(=O)c1cc(C#CCO)ccc1F. The number of benzene rings is 1. The predicted octanol–water partition coefficient (Wildman–Crippen LogP) is 1.65. The number of aliphatic hydroxyl groups is 1. The minimum Gasteiger partial charge on any atom is -0.384 e. The number of aliphatic hydroxyl groups excluding tert-OH is 1. The van der Waals surface area contributed by atoms with E-state index in [9.17, 15) is 9.18 Å². The van der Waals surface area contributed by atoms with Crippen molar-refractivity contribution in [3.63, 3.8) is 0 Å². The fraction of sp³-hybridized carbons (Fsp3) is 0.357. The first-order chi connectivity index (χ1) is 9.08. The quantitative estimate of drug-likeness (QED) is 0.825. The lowest BCUT2D eigenvalue weighted by atomic mass is 10.1. The molecule has 19 heavy (non-hydrogen) atoms. The number of carbonyl (C=O) groups excluding carboxylic acids is 1. The van der Waals surface area contributed by atoms with Gasteiger partial charge in [0.15, 0.2) is 0 Å². The molecule has 0 saturated heterocycles. The second-order valence-electron chi connectivity index (χ2n) is 3.98. The normalized spacial score (nSPS) is 11.4. The molecule has 102 valence electrons. The van der Waals surface area contributed by atoms with Gasteiger partial charge in [0.1, 0.15) is 12.4 Å². The van der Waals surface area contributed by atoms with Gasteiger partial charge in [-0.3, -0.25) is 4.79 Å². The number of hydrogen-bond donors (Lipinski definition) is 2. The van der Waals surface area contributed by atoms with E-state index in [1.165, 1.54) is 18.2 Å². The van der Waals surface area contributed by atoms with Gasteiger partial charge in [0.25, 0.3) is 5.91 Å². The lowest BCUT2D eigenvalue weighted by Crippen LogP contribution is -2.34. The second kappa shape index (κ2) is 7.82. The Balaban J connectivity index is 2.89. The summed E-state index contributed by atoms with van der Waals surface area (Å²) in [6.45, 7) is 1.59. The van der Waals surface area contributed by atoms with Crippen LogP contribution in [0.25, 0.3) is 0 Å². The average molecular weight is 281 g/mol. The minimum absolute atomic E-state index is 0.0299. The molecule has 1 amide bonds. The third-order valence-corrected chi connectivity index (χ3v) is 3.15. The Morgan fingerprint density at radius 1 is 1.58 bits per heavy atom. The van der Waals surface area contributed by atoms with Crippen LogP contribution in [-0.2, 0) is 0 Å². The molecule has 1 aromatic carbocycles. The first kappa shape index (κ1) is 15.5. The molecule has 1 aromatic rings. The zero-order valence-corrected chi connectivity index (χ0v) is 11.7. The van der Waals surface area contributed by atoms with Crippen LogP contribution in [0.4, 0.5) is 4.39 Å². The highest BCUT2D eigenvalue weighted by Gasteiger charge is 2.14. The second-order valence-corrected chi connectivity index (χ2v) is 4.90. The van der Waals surface area contributed by atoms with Gasteiger partial charge in [-0.1, -0.05) is 11.8 Å². The molecule has 1 unspecified atom stereocenters. The van der Waals surface area contributed by atoms with Crippen LogP contribution in [0.5, 0.6) is 0 Å². The third-order valence-electron chi connectivity index (χ3n) is 2.32. The van der Waals surface area contributed by atoms with Crippen LogP contribution in [0.3, 0.4) is 0 Å². The molecule has 2 N–H and O–H groups in total. The van der Waals surface area contributed by atoms with E-state index < -0.39 is 11.7 Å². The van der Waals surface area contributed by atoms with E-state index in [2.05, 4.69) is 17.2 Å². The van der Waals surface area contributed by atoms with Crippen molar-refractivity contribution in [1.82, 2.24) is 5.32 Å². The fourth-order valence-electron chi connectivity index (χ4n) is 1.51. The summed E-state index contributed by atoms with van der Waals surface area (Å²) in [5.74, 6) is 4.83. The molecule has 0 bridgehead atoms. The summed E-state index contributed by atoms with van der Waals surface area (Å²) in [7, 11) is 0. The molecule has 0 spiro atoms. The Kier molecular flexibility index (Phi) is 6.40. The summed E-state index contributed by atoms with van der Waals surface area (Å²) in [6.07, 6.45) is 1.94. The lowest BCUT2D eigenvalue weighted by Gasteiger charge is -2.12. The highest BCUT2D eigenvalue weighted by Crippen LogP contribution is 2.10. The van der Waals surface area contributed by atoms with Crippen LogP contribution in [0.2, 0.25) is 0 Å². The van der Waals surface area contributed by atoms with E-state index in [4.69, 9.17) is 5.11 Å². The Labute approximate surface area is 116 Å². The number of hydrogen-bond acceptors (Lipinski definition) is 3. The van der Waals surface area contributed by atoms with Gasteiger partial charge < -0.3 is 10.4 Å². The predicted molar refractivity (Wildman–Crippen MR) is 75.7 cm³/mol. The molecule has 0 aromatic heterocycles. The van der Waals surface area contributed by atoms with Gasteiger partial charge in [-0.2, -0.15) is 11.8 Å². The monoisotopic (exact) mass is 281 g/mol. The number of rotatable bonds is 4. The van der Waals surface area contributed by atoms with Crippen molar-refractivity contribution in [3.8, 4) is 11.8 Å². The van der Waals surface area contributed by atoms with Gasteiger partial charge >= 0.3 is 0 Å². The van der Waals surface area contributed by atoms with Gasteiger partial charge in [0.05, 0.1) is 5.56 Å². The van der Waals surface area contributed by atoms with Gasteiger partial charge in [-0.15, -0.1) is 0 Å². The van der Waals surface area contributed by atoms with E-state index >= 15 is 0 Å². The van der Waals surface area contributed by atoms with Crippen molar-refractivity contribution in [3.05, 3.63) is 35.1 Å². The van der Waals surface area contributed by atoms with Gasteiger partial charge in [-0.05, 0) is 31.4 Å². The maximum absolute atomic E-state index is 13.6. The number of thioether (sulfide) groups is 1. The maximum atomic E-state index is 13.6. The fourth-order valence-corrected chi connectivity index (χ4v) is 2.10. The highest BCUT2D eigenvalue weighted by molar-refractivity contribution is 7.98. The van der Waals surface area contributed by atoms with Crippen molar-refractivity contribution in [1.29, 1.82) is 0 Å². The van der Waals surface area contributed by atoms with E-state index in [1.807, 2.05) is 13.2 Å². The molecule has 0 fully saturated rings. The number of halogens is 1. The van der Waals surface area contributed by atoms with Crippen LogP contribution < -0.4 is 5.32 Å². The van der Waals surface area contributed by atoms with Crippen LogP contribution in [0.15, 0.2) is 18.2 Å². The largest absolute Gasteiger partial charge is 0.384 e. The smallest absolute Gasteiger partial charge is 0.254 e. The molecule has 5 heteroatoms. The van der Waals surface area contributed by atoms with E-state index in [-0.39, 0.29) is 18.2 Å². The van der Waals surface area contributed by atoms with Crippen LogP contribution in [0.1, 0.15) is 22.8 Å². The zero-order chi connectivity index (χ0) is 14.3. The van der Waals surface area contributed by atoms with Crippen molar-refractivity contribution >= 4 is 17.7 Å². The Morgan fingerprint density at radius 2 is 2.32 bits per heavy atom. The summed E-state index contributed by atoms with van der Waals surface area (Å²) in [4.78, 5) is 11.9. The van der Waals surface area contributed by atoms with Crippen molar-refractivity contribution in [2.45, 2.75) is 13.0 Å². The number of nitrogens with one attached hydrogen (secondary N) is 1.